The van der Waals surface area contributed by atoms with Gasteiger partial charge in [-0.25, -0.2) is 0 Å². The van der Waals surface area contributed by atoms with Crippen LogP contribution in [0.15, 0.2) is 30.6 Å². The summed E-state index contributed by atoms with van der Waals surface area (Å²) in [5.74, 6) is -0.251. The van der Waals surface area contributed by atoms with Gasteiger partial charge in [-0.1, -0.05) is 0 Å². The highest BCUT2D eigenvalue weighted by Crippen LogP contribution is 2.19. The third-order valence-corrected chi connectivity index (χ3v) is 1.64. The summed E-state index contributed by atoms with van der Waals surface area (Å²) in [7, 11) is 0. The van der Waals surface area contributed by atoms with Crippen LogP contribution in [0.4, 0.5) is 0 Å². The lowest BCUT2D eigenvalue weighted by Crippen LogP contribution is -1.88. The van der Waals surface area contributed by atoms with Gasteiger partial charge in [0.25, 0.3) is 0 Å². The van der Waals surface area contributed by atoms with Crippen LogP contribution in [0.25, 0.3) is 11.4 Å². The first-order valence-electron chi connectivity index (χ1n) is 3.93. The summed E-state index contributed by atoms with van der Waals surface area (Å²) >= 11 is 0. The fourth-order valence-corrected chi connectivity index (χ4v) is 1.05. The Morgan fingerprint density at radius 3 is 2.07 bits per heavy atom. The van der Waals surface area contributed by atoms with Crippen LogP contribution in [0.1, 0.15) is 0 Å². The molecule has 2 heterocycles. The Labute approximate surface area is 79.7 Å². The van der Waals surface area contributed by atoms with E-state index in [0.29, 0.717) is 5.56 Å². The molecule has 5 nitrogen and oxygen atoms in total. The van der Waals surface area contributed by atoms with E-state index in [9.17, 15) is 0 Å². The molecule has 2 aromatic rings. The second-order valence-corrected chi connectivity index (χ2v) is 2.64. The molecule has 0 atom stereocenters. The van der Waals surface area contributed by atoms with Crippen LogP contribution in [0, 0.1) is 0 Å². The van der Waals surface area contributed by atoms with Gasteiger partial charge in [-0.05, 0) is 12.1 Å². The highest BCUT2D eigenvalue weighted by atomic mass is 16.3. The minimum Gasteiger partial charge on any atom is -0.493 e. The zero-order valence-corrected chi connectivity index (χ0v) is 7.12. The monoisotopic (exact) mass is 189 g/mol. The Balaban J connectivity index is 2.52. The van der Waals surface area contributed by atoms with E-state index in [1.54, 1.807) is 24.5 Å². The Bertz CT molecular complexity index is 425. The third kappa shape index (κ3) is 1.61. The molecule has 2 aromatic heterocycles. The zero-order chi connectivity index (χ0) is 9.97. The molecule has 0 saturated heterocycles. The van der Waals surface area contributed by atoms with Crippen LogP contribution < -0.4 is 0 Å². The fourth-order valence-electron chi connectivity index (χ4n) is 1.05. The number of nitrogens with zero attached hydrogens (tertiary/aromatic N) is 3. The minimum atomic E-state index is -0.260. The molecule has 0 saturated carbocycles. The van der Waals surface area contributed by atoms with E-state index in [2.05, 4.69) is 15.0 Å². The molecule has 0 aliphatic rings. The molecule has 0 aliphatic carbocycles. The number of pyridine rings is 1. The average Bonchev–Trinajstić information content (AvgIpc) is 2.18. The lowest BCUT2D eigenvalue weighted by Gasteiger charge is -2.00. The molecule has 70 valence electrons. The van der Waals surface area contributed by atoms with E-state index < -0.39 is 0 Å². The molecule has 0 radical (unpaired) electrons. The van der Waals surface area contributed by atoms with E-state index in [1.165, 1.54) is 0 Å². The van der Waals surface area contributed by atoms with Gasteiger partial charge >= 0.3 is 0 Å². The molecule has 14 heavy (non-hydrogen) atoms. The molecule has 2 N–H and O–H groups in total. The van der Waals surface area contributed by atoms with Crippen molar-refractivity contribution in [3.8, 4) is 23.1 Å². The second-order valence-electron chi connectivity index (χ2n) is 2.64. The first-order valence-corrected chi connectivity index (χ1v) is 3.93. The van der Waals surface area contributed by atoms with Crippen molar-refractivity contribution in [2.75, 3.05) is 0 Å². The number of aromatic hydroxyl groups is 2. The van der Waals surface area contributed by atoms with Crippen LogP contribution in [0.5, 0.6) is 11.8 Å². The summed E-state index contributed by atoms with van der Waals surface area (Å²) in [6.45, 7) is 0. The molecule has 0 spiro atoms. The third-order valence-electron chi connectivity index (χ3n) is 1.64. The van der Waals surface area contributed by atoms with E-state index >= 15 is 0 Å². The van der Waals surface area contributed by atoms with Gasteiger partial charge in [0.1, 0.15) is 0 Å². The van der Waals surface area contributed by atoms with Crippen molar-refractivity contribution in [1.82, 2.24) is 15.0 Å². The minimum absolute atomic E-state index is 0.260. The standard InChI is InChI=1S/C9H7N3O2/c13-7-5-8(14)12-9(11-7)6-1-3-10-4-2-6/h1-5H,(H2,11,12,13,14). The maximum atomic E-state index is 9.13. The molecule has 0 bridgehead atoms. The predicted molar refractivity (Wildman–Crippen MR) is 48.6 cm³/mol. The molecule has 0 aromatic carbocycles. The molecule has 0 aliphatic heterocycles. The predicted octanol–water partition coefficient (Wildman–Crippen LogP) is 0.950. The highest BCUT2D eigenvalue weighted by molar-refractivity contribution is 5.54. The maximum absolute atomic E-state index is 9.13. The van der Waals surface area contributed by atoms with Crippen molar-refractivity contribution >= 4 is 0 Å². The fraction of sp³-hybridized carbons (Fsp3) is 0. The van der Waals surface area contributed by atoms with Crippen LogP contribution in [0.3, 0.4) is 0 Å². The summed E-state index contributed by atoms with van der Waals surface area (Å²) in [6.07, 6.45) is 3.17. The summed E-state index contributed by atoms with van der Waals surface area (Å²) < 4.78 is 0. The number of hydrogen-bond donors (Lipinski definition) is 2. The zero-order valence-electron chi connectivity index (χ0n) is 7.12. The number of aromatic nitrogens is 3. The normalized spacial score (nSPS) is 10.0. The van der Waals surface area contributed by atoms with Crippen LogP contribution in [-0.2, 0) is 0 Å². The van der Waals surface area contributed by atoms with Crippen LogP contribution >= 0.6 is 0 Å². The molecule has 0 fully saturated rings. The maximum Gasteiger partial charge on any atom is 0.218 e. The van der Waals surface area contributed by atoms with Gasteiger partial charge in [-0.15, -0.1) is 0 Å². The van der Waals surface area contributed by atoms with Crippen molar-refractivity contribution in [3.63, 3.8) is 0 Å². The largest absolute Gasteiger partial charge is 0.493 e. The van der Waals surface area contributed by atoms with Crippen molar-refractivity contribution in [2.45, 2.75) is 0 Å². The van der Waals surface area contributed by atoms with Gasteiger partial charge < -0.3 is 10.2 Å². The van der Waals surface area contributed by atoms with Crippen molar-refractivity contribution in [2.24, 2.45) is 0 Å². The van der Waals surface area contributed by atoms with Crippen molar-refractivity contribution in [3.05, 3.63) is 30.6 Å². The number of rotatable bonds is 1. The molecular weight excluding hydrogens is 182 g/mol. The van der Waals surface area contributed by atoms with E-state index in [-0.39, 0.29) is 17.6 Å². The summed E-state index contributed by atoms with van der Waals surface area (Å²) in [5, 5.41) is 18.3. The molecule has 5 heteroatoms. The first kappa shape index (κ1) is 8.43. The molecule has 0 unspecified atom stereocenters. The van der Waals surface area contributed by atoms with Gasteiger partial charge in [-0.2, -0.15) is 9.97 Å². The highest BCUT2D eigenvalue weighted by Gasteiger charge is 2.04. The van der Waals surface area contributed by atoms with Crippen molar-refractivity contribution < 1.29 is 10.2 Å². The van der Waals surface area contributed by atoms with Crippen LogP contribution in [0.2, 0.25) is 0 Å². The second kappa shape index (κ2) is 3.29. The first-order chi connectivity index (χ1) is 6.75. The molecular formula is C9H7N3O2. The number of hydrogen-bond acceptors (Lipinski definition) is 5. The lowest BCUT2D eigenvalue weighted by atomic mass is 10.2. The summed E-state index contributed by atoms with van der Waals surface area (Å²) in [6, 6.07) is 4.45. The molecule has 0 amide bonds. The van der Waals surface area contributed by atoms with E-state index in [0.717, 1.165) is 6.07 Å². The summed E-state index contributed by atoms with van der Waals surface area (Å²) in [5.41, 5.74) is 0.686. The molecule has 2 rings (SSSR count). The average molecular weight is 189 g/mol. The van der Waals surface area contributed by atoms with Crippen molar-refractivity contribution in [1.29, 1.82) is 0 Å². The summed E-state index contributed by atoms with van der Waals surface area (Å²) in [4.78, 5) is 11.4. The topological polar surface area (TPSA) is 79.1 Å². The Morgan fingerprint density at radius 1 is 0.929 bits per heavy atom. The van der Waals surface area contributed by atoms with Gasteiger partial charge in [0.15, 0.2) is 5.82 Å². The van der Waals surface area contributed by atoms with E-state index in [1.807, 2.05) is 0 Å². The van der Waals surface area contributed by atoms with Gasteiger partial charge in [-0.3, -0.25) is 4.98 Å². The quantitative estimate of drug-likeness (QED) is 0.698. The Kier molecular flexibility index (Phi) is 1.98. The lowest BCUT2D eigenvalue weighted by molar-refractivity contribution is 0.423. The van der Waals surface area contributed by atoms with Gasteiger partial charge in [0, 0.05) is 18.0 Å². The SMILES string of the molecule is Oc1cc(O)nc(-c2ccncc2)n1. The van der Waals surface area contributed by atoms with Gasteiger partial charge in [0.05, 0.1) is 6.07 Å². The Morgan fingerprint density at radius 2 is 1.50 bits per heavy atom. The smallest absolute Gasteiger partial charge is 0.218 e. The van der Waals surface area contributed by atoms with Crippen LogP contribution in [-0.4, -0.2) is 25.2 Å². The Hall–Kier alpha value is -2.17. The van der Waals surface area contributed by atoms with E-state index in [4.69, 9.17) is 10.2 Å². The van der Waals surface area contributed by atoms with Gasteiger partial charge in [0.2, 0.25) is 11.8 Å².